The Labute approximate surface area is 165 Å². The summed E-state index contributed by atoms with van der Waals surface area (Å²) in [7, 11) is 2.58. The molecule has 2 aliphatic heterocycles. The molecule has 1 aromatic carbocycles. The molecular weight excluding hydrogens is 356 g/mol. The van der Waals surface area contributed by atoms with Gasteiger partial charge in [-0.1, -0.05) is 18.2 Å². The van der Waals surface area contributed by atoms with Crippen molar-refractivity contribution in [3.63, 3.8) is 0 Å². The standard InChI is InChI=1S/C22H26N2O4/c1-27-21(25)19-5-3-4-14-24(20(19)22(26)28-2)18-8-6-16(7-9-18)15-17-10-12-23-13-11-17/h3-9,14,17,23H,10-13,15H2,1-2H3. The molecule has 0 amide bonds. The molecule has 148 valence electrons. The summed E-state index contributed by atoms with van der Waals surface area (Å²) in [5.74, 6) is -0.492. The van der Waals surface area contributed by atoms with Crippen LogP contribution in [0.25, 0.3) is 0 Å². The van der Waals surface area contributed by atoms with E-state index in [1.807, 2.05) is 12.1 Å². The summed E-state index contributed by atoms with van der Waals surface area (Å²) >= 11 is 0. The van der Waals surface area contributed by atoms with E-state index in [1.165, 1.54) is 32.6 Å². The average Bonchev–Trinajstić information content (AvgIpc) is 2.97. The Balaban J connectivity index is 1.89. The Bertz CT molecular complexity index is 802. The van der Waals surface area contributed by atoms with Crippen molar-refractivity contribution >= 4 is 17.6 Å². The number of piperidine rings is 1. The molecule has 0 bridgehead atoms. The molecule has 2 aliphatic rings. The number of carbonyl (C=O) groups is 2. The van der Waals surface area contributed by atoms with Gasteiger partial charge in [0.2, 0.25) is 0 Å². The second kappa shape index (κ2) is 9.37. The number of nitrogens with zero attached hydrogens (tertiary/aromatic N) is 1. The summed E-state index contributed by atoms with van der Waals surface area (Å²) in [6.07, 6.45) is 10.2. The molecule has 28 heavy (non-hydrogen) atoms. The number of carbonyl (C=O) groups excluding carboxylic acids is 2. The number of methoxy groups -OCH3 is 2. The maximum atomic E-state index is 12.5. The van der Waals surface area contributed by atoms with Crippen LogP contribution >= 0.6 is 0 Å². The van der Waals surface area contributed by atoms with Gasteiger partial charge in [0.15, 0.2) is 0 Å². The van der Waals surface area contributed by atoms with Gasteiger partial charge in [-0.2, -0.15) is 0 Å². The zero-order valence-corrected chi connectivity index (χ0v) is 16.3. The topological polar surface area (TPSA) is 67.9 Å². The van der Waals surface area contributed by atoms with Gasteiger partial charge in [0.25, 0.3) is 0 Å². The van der Waals surface area contributed by atoms with Gasteiger partial charge in [0.05, 0.1) is 19.8 Å². The highest BCUT2D eigenvalue weighted by Gasteiger charge is 2.27. The SMILES string of the molecule is COC(=O)C1=C(C(=O)OC)N(c2ccc(CC3CCNCC3)cc2)C=CC=C1. The Morgan fingerprint density at radius 2 is 1.71 bits per heavy atom. The van der Waals surface area contributed by atoms with Gasteiger partial charge in [0.1, 0.15) is 5.70 Å². The van der Waals surface area contributed by atoms with Crippen LogP contribution in [0.4, 0.5) is 5.69 Å². The fourth-order valence-corrected chi connectivity index (χ4v) is 3.58. The van der Waals surface area contributed by atoms with Gasteiger partial charge in [-0.3, -0.25) is 0 Å². The van der Waals surface area contributed by atoms with Crippen molar-refractivity contribution in [2.45, 2.75) is 19.3 Å². The van der Waals surface area contributed by atoms with Crippen LogP contribution in [0.2, 0.25) is 0 Å². The van der Waals surface area contributed by atoms with E-state index in [9.17, 15) is 9.59 Å². The van der Waals surface area contributed by atoms with E-state index in [1.54, 1.807) is 29.3 Å². The van der Waals surface area contributed by atoms with Crippen molar-refractivity contribution in [1.29, 1.82) is 0 Å². The van der Waals surface area contributed by atoms with E-state index in [0.29, 0.717) is 5.92 Å². The Kier molecular flexibility index (Phi) is 6.66. The Hall–Kier alpha value is -2.86. The lowest BCUT2D eigenvalue weighted by molar-refractivity contribution is -0.139. The number of benzene rings is 1. The van der Waals surface area contributed by atoms with Gasteiger partial charge in [-0.25, -0.2) is 9.59 Å². The number of anilines is 1. The minimum absolute atomic E-state index is 0.130. The smallest absolute Gasteiger partial charge is 0.355 e. The number of rotatable bonds is 5. The maximum absolute atomic E-state index is 12.5. The summed E-state index contributed by atoms with van der Waals surface area (Å²) in [6.45, 7) is 2.16. The average molecular weight is 382 g/mol. The van der Waals surface area contributed by atoms with Crippen molar-refractivity contribution in [3.05, 3.63) is 65.5 Å². The molecule has 1 N–H and O–H groups in total. The molecule has 0 atom stereocenters. The van der Waals surface area contributed by atoms with Crippen LogP contribution in [0.5, 0.6) is 0 Å². The molecule has 0 spiro atoms. The number of esters is 2. The molecule has 0 saturated carbocycles. The second-order valence-corrected chi connectivity index (χ2v) is 6.88. The fourth-order valence-electron chi connectivity index (χ4n) is 3.58. The lowest BCUT2D eigenvalue weighted by Gasteiger charge is -2.24. The van der Waals surface area contributed by atoms with Gasteiger partial charge < -0.3 is 19.7 Å². The first-order valence-electron chi connectivity index (χ1n) is 9.48. The van der Waals surface area contributed by atoms with Crippen LogP contribution in [-0.2, 0) is 25.5 Å². The van der Waals surface area contributed by atoms with E-state index in [4.69, 9.17) is 9.47 Å². The fraction of sp³-hybridized carbons (Fsp3) is 0.364. The van der Waals surface area contributed by atoms with E-state index in [-0.39, 0.29) is 11.3 Å². The number of hydrogen-bond donors (Lipinski definition) is 1. The molecule has 6 heteroatoms. The highest BCUT2D eigenvalue weighted by molar-refractivity contribution is 6.05. The van der Waals surface area contributed by atoms with Crippen LogP contribution in [0.1, 0.15) is 18.4 Å². The van der Waals surface area contributed by atoms with Crippen molar-refractivity contribution in [3.8, 4) is 0 Å². The van der Waals surface area contributed by atoms with Gasteiger partial charge in [-0.15, -0.1) is 0 Å². The second-order valence-electron chi connectivity index (χ2n) is 6.88. The molecule has 0 aliphatic carbocycles. The van der Waals surface area contributed by atoms with Crippen LogP contribution in [0, 0.1) is 5.92 Å². The van der Waals surface area contributed by atoms with Crippen molar-refractivity contribution < 1.29 is 19.1 Å². The van der Waals surface area contributed by atoms with Gasteiger partial charge >= 0.3 is 11.9 Å². The highest BCUT2D eigenvalue weighted by Crippen LogP contribution is 2.27. The van der Waals surface area contributed by atoms with Crippen LogP contribution in [0.15, 0.2) is 60.0 Å². The minimum atomic E-state index is -0.601. The predicted molar refractivity (Wildman–Crippen MR) is 108 cm³/mol. The molecule has 0 aromatic heterocycles. The molecule has 1 saturated heterocycles. The van der Waals surface area contributed by atoms with Crippen molar-refractivity contribution in [2.24, 2.45) is 5.92 Å². The molecule has 3 rings (SSSR count). The van der Waals surface area contributed by atoms with Crippen LogP contribution in [0.3, 0.4) is 0 Å². The molecule has 1 aromatic rings. The molecule has 6 nitrogen and oxygen atoms in total. The monoisotopic (exact) mass is 382 g/mol. The van der Waals surface area contributed by atoms with Crippen molar-refractivity contribution in [1.82, 2.24) is 5.32 Å². The van der Waals surface area contributed by atoms with Gasteiger partial charge in [0, 0.05) is 11.9 Å². The zero-order chi connectivity index (χ0) is 19.9. The maximum Gasteiger partial charge on any atom is 0.355 e. The Morgan fingerprint density at radius 1 is 1.04 bits per heavy atom. The minimum Gasteiger partial charge on any atom is -0.465 e. The normalized spacial score (nSPS) is 17.4. The lowest BCUT2D eigenvalue weighted by atomic mass is 9.91. The molecule has 2 heterocycles. The third-order valence-corrected chi connectivity index (χ3v) is 5.09. The third-order valence-electron chi connectivity index (χ3n) is 5.09. The van der Waals surface area contributed by atoms with E-state index in [2.05, 4.69) is 17.4 Å². The van der Waals surface area contributed by atoms with Crippen molar-refractivity contribution in [2.75, 3.05) is 32.2 Å². The number of ether oxygens (including phenoxy) is 2. The quantitative estimate of drug-likeness (QED) is 0.790. The Morgan fingerprint density at radius 3 is 2.36 bits per heavy atom. The first kappa shape index (κ1) is 19.9. The summed E-state index contributed by atoms with van der Waals surface area (Å²) in [6, 6.07) is 8.08. The number of nitrogens with one attached hydrogen (secondary N) is 1. The van der Waals surface area contributed by atoms with Crippen LogP contribution in [-0.4, -0.2) is 39.2 Å². The summed E-state index contributed by atoms with van der Waals surface area (Å²) in [5, 5.41) is 3.39. The zero-order valence-electron chi connectivity index (χ0n) is 16.3. The summed E-state index contributed by atoms with van der Waals surface area (Å²) < 4.78 is 9.77. The van der Waals surface area contributed by atoms with E-state index < -0.39 is 11.9 Å². The molecule has 0 unspecified atom stereocenters. The van der Waals surface area contributed by atoms with E-state index in [0.717, 1.165) is 25.2 Å². The molecular formula is C22H26N2O4. The third kappa shape index (κ3) is 4.51. The first-order valence-corrected chi connectivity index (χ1v) is 9.48. The van der Waals surface area contributed by atoms with Gasteiger partial charge in [-0.05, 0) is 68.1 Å². The molecule has 1 fully saturated rings. The van der Waals surface area contributed by atoms with E-state index >= 15 is 0 Å². The summed E-state index contributed by atoms with van der Waals surface area (Å²) in [5.41, 5.74) is 2.32. The number of hydrogen-bond acceptors (Lipinski definition) is 6. The first-order chi connectivity index (χ1) is 13.6. The lowest BCUT2D eigenvalue weighted by Crippen LogP contribution is -2.28. The molecule has 0 radical (unpaired) electrons. The van der Waals surface area contributed by atoms with Crippen LogP contribution < -0.4 is 10.2 Å². The number of allylic oxidation sites excluding steroid dienone is 2. The predicted octanol–water partition coefficient (Wildman–Crippen LogP) is 2.72. The highest BCUT2D eigenvalue weighted by atomic mass is 16.5. The summed E-state index contributed by atoms with van der Waals surface area (Å²) in [4.78, 5) is 26.3. The largest absolute Gasteiger partial charge is 0.465 e.